The largest absolute Gasteiger partial charge is 0.454 e. The summed E-state index contributed by atoms with van der Waals surface area (Å²) in [7, 11) is 0. The van der Waals surface area contributed by atoms with Gasteiger partial charge in [0.2, 0.25) is 6.79 Å². The lowest BCUT2D eigenvalue weighted by Gasteiger charge is -2.08. The second kappa shape index (κ2) is 5.28. The van der Waals surface area contributed by atoms with Crippen LogP contribution in [0.2, 0.25) is 0 Å². The molecule has 3 rings (SSSR count). The molecule has 0 bridgehead atoms. The quantitative estimate of drug-likeness (QED) is 0.857. The summed E-state index contributed by atoms with van der Waals surface area (Å²) in [4.78, 5) is 5.22. The number of aryl methyl sites for hydroxylation is 2. The van der Waals surface area contributed by atoms with Gasteiger partial charge >= 0.3 is 0 Å². The summed E-state index contributed by atoms with van der Waals surface area (Å²) in [5, 5.41) is 0. The Morgan fingerprint density at radius 1 is 1.40 bits per heavy atom. The summed E-state index contributed by atoms with van der Waals surface area (Å²) in [6.07, 6.45) is 2.65. The molecule has 0 atom stereocenters. The molecule has 1 aliphatic rings. The van der Waals surface area contributed by atoms with Crippen LogP contribution < -0.4 is 15.2 Å². The Morgan fingerprint density at radius 3 is 2.85 bits per heavy atom. The van der Waals surface area contributed by atoms with E-state index in [1.54, 1.807) is 0 Å². The van der Waals surface area contributed by atoms with Crippen molar-refractivity contribution in [3.05, 3.63) is 18.0 Å². The van der Waals surface area contributed by atoms with E-state index < -0.39 is 0 Å². The second-order valence-electron chi connectivity index (χ2n) is 4.84. The molecule has 0 amide bonds. The normalized spacial score (nSPS) is 13.1. The maximum atomic E-state index is 5.62. The molecule has 2 heterocycles. The highest BCUT2D eigenvalue weighted by atomic mass is 32.1. The SMILES string of the molecule is CCCc1nc2cc3c(cc2n1CCC(N)=S)OCO3. The monoisotopic (exact) mass is 291 g/mol. The fourth-order valence-electron chi connectivity index (χ4n) is 2.45. The summed E-state index contributed by atoms with van der Waals surface area (Å²) in [6.45, 7) is 3.17. The van der Waals surface area contributed by atoms with E-state index in [9.17, 15) is 0 Å². The van der Waals surface area contributed by atoms with Crippen molar-refractivity contribution in [3.63, 3.8) is 0 Å². The lowest BCUT2D eigenvalue weighted by atomic mass is 10.2. The Labute approximate surface area is 122 Å². The molecule has 106 valence electrons. The smallest absolute Gasteiger partial charge is 0.231 e. The van der Waals surface area contributed by atoms with E-state index in [1.165, 1.54) is 0 Å². The minimum Gasteiger partial charge on any atom is -0.454 e. The van der Waals surface area contributed by atoms with Crippen molar-refractivity contribution < 1.29 is 9.47 Å². The van der Waals surface area contributed by atoms with Gasteiger partial charge in [0.15, 0.2) is 11.5 Å². The standard InChI is InChI=1S/C14H17N3O2S/c1-2-3-14-16-9-6-11-12(19-8-18-11)7-10(9)17(14)5-4-13(15)20/h6-7H,2-5,8H2,1H3,(H2,15,20). The van der Waals surface area contributed by atoms with Crippen molar-refractivity contribution in [2.24, 2.45) is 5.73 Å². The van der Waals surface area contributed by atoms with E-state index in [0.717, 1.165) is 47.7 Å². The highest BCUT2D eigenvalue weighted by Crippen LogP contribution is 2.36. The van der Waals surface area contributed by atoms with Gasteiger partial charge in [-0.2, -0.15) is 0 Å². The molecular formula is C14H17N3O2S. The minimum absolute atomic E-state index is 0.274. The second-order valence-corrected chi connectivity index (χ2v) is 5.36. The number of hydrogen-bond acceptors (Lipinski definition) is 4. The van der Waals surface area contributed by atoms with Crippen molar-refractivity contribution in [1.82, 2.24) is 9.55 Å². The number of aromatic nitrogens is 2. The average Bonchev–Trinajstić information content (AvgIpc) is 2.97. The fraction of sp³-hybridized carbons (Fsp3) is 0.429. The van der Waals surface area contributed by atoms with Crippen molar-refractivity contribution in [2.75, 3.05) is 6.79 Å². The van der Waals surface area contributed by atoms with Gasteiger partial charge in [-0.1, -0.05) is 19.1 Å². The van der Waals surface area contributed by atoms with Crippen molar-refractivity contribution in [1.29, 1.82) is 0 Å². The highest BCUT2D eigenvalue weighted by molar-refractivity contribution is 7.80. The molecule has 0 aliphatic carbocycles. The average molecular weight is 291 g/mol. The number of nitrogens with two attached hydrogens (primary N) is 1. The van der Waals surface area contributed by atoms with Gasteiger partial charge < -0.3 is 19.8 Å². The molecule has 1 aliphatic heterocycles. The lowest BCUT2D eigenvalue weighted by molar-refractivity contribution is 0.174. The number of benzene rings is 1. The van der Waals surface area contributed by atoms with Gasteiger partial charge in [0.05, 0.1) is 16.0 Å². The van der Waals surface area contributed by atoms with Crippen LogP contribution in [0, 0.1) is 0 Å². The first-order chi connectivity index (χ1) is 9.69. The van der Waals surface area contributed by atoms with Gasteiger partial charge in [-0.05, 0) is 6.42 Å². The summed E-state index contributed by atoms with van der Waals surface area (Å²) in [6, 6.07) is 3.93. The third-order valence-electron chi connectivity index (χ3n) is 3.38. The lowest BCUT2D eigenvalue weighted by Crippen LogP contribution is -2.13. The number of nitrogens with zero attached hydrogens (tertiary/aromatic N) is 2. The van der Waals surface area contributed by atoms with Crippen LogP contribution in [0.4, 0.5) is 0 Å². The zero-order valence-electron chi connectivity index (χ0n) is 11.4. The first-order valence-corrected chi connectivity index (χ1v) is 7.17. The topological polar surface area (TPSA) is 62.3 Å². The molecule has 0 radical (unpaired) electrons. The Hall–Kier alpha value is -1.82. The van der Waals surface area contributed by atoms with Gasteiger partial charge in [0.1, 0.15) is 5.82 Å². The zero-order chi connectivity index (χ0) is 14.1. The van der Waals surface area contributed by atoms with Crippen LogP contribution in [0.25, 0.3) is 11.0 Å². The van der Waals surface area contributed by atoms with Crippen LogP contribution in [-0.4, -0.2) is 21.3 Å². The molecular weight excluding hydrogens is 274 g/mol. The van der Waals surface area contributed by atoms with E-state index in [1.807, 2.05) is 12.1 Å². The molecule has 2 aromatic rings. The van der Waals surface area contributed by atoms with Gasteiger partial charge in [-0.3, -0.25) is 0 Å². The van der Waals surface area contributed by atoms with Gasteiger partial charge in [0, 0.05) is 31.5 Å². The van der Waals surface area contributed by atoms with Crippen molar-refractivity contribution in [3.8, 4) is 11.5 Å². The molecule has 0 saturated carbocycles. The number of thiocarbonyl (C=S) groups is 1. The van der Waals surface area contributed by atoms with E-state index in [2.05, 4.69) is 11.5 Å². The van der Waals surface area contributed by atoms with Gasteiger partial charge in [-0.25, -0.2) is 4.98 Å². The first kappa shape index (κ1) is 13.2. The predicted octanol–water partition coefficient (Wildman–Crippen LogP) is 2.39. The Balaban J connectivity index is 2.07. The van der Waals surface area contributed by atoms with E-state index in [0.29, 0.717) is 11.4 Å². The van der Waals surface area contributed by atoms with Crippen LogP contribution >= 0.6 is 12.2 Å². The summed E-state index contributed by atoms with van der Waals surface area (Å²) in [5.74, 6) is 2.60. The molecule has 0 unspecified atom stereocenters. The van der Waals surface area contributed by atoms with E-state index in [4.69, 9.17) is 32.4 Å². The van der Waals surface area contributed by atoms with Gasteiger partial charge in [0.25, 0.3) is 0 Å². The molecule has 6 heteroatoms. The minimum atomic E-state index is 0.274. The predicted molar refractivity (Wildman–Crippen MR) is 81.3 cm³/mol. The number of rotatable bonds is 5. The zero-order valence-corrected chi connectivity index (χ0v) is 12.2. The number of hydrogen-bond donors (Lipinski definition) is 1. The number of ether oxygens (including phenoxy) is 2. The fourth-order valence-corrected chi connectivity index (χ4v) is 2.54. The molecule has 2 N–H and O–H groups in total. The van der Waals surface area contributed by atoms with E-state index >= 15 is 0 Å². The maximum absolute atomic E-state index is 5.62. The summed E-state index contributed by atoms with van der Waals surface area (Å²) in [5.41, 5.74) is 7.60. The Bertz CT molecular complexity index is 666. The highest BCUT2D eigenvalue weighted by Gasteiger charge is 2.18. The Morgan fingerprint density at radius 2 is 2.15 bits per heavy atom. The van der Waals surface area contributed by atoms with E-state index in [-0.39, 0.29) is 6.79 Å². The Kier molecular flexibility index (Phi) is 3.48. The number of fused-ring (bicyclic) bond motifs is 2. The van der Waals surface area contributed by atoms with Crippen molar-refractivity contribution >= 4 is 28.2 Å². The summed E-state index contributed by atoms with van der Waals surface area (Å²) >= 11 is 4.98. The third-order valence-corrected chi connectivity index (χ3v) is 3.58. The first-order valence-electron chi connectivity index (χ1n) is 6.76. The molecule has 20 heavy (non-hydrogen) atoms. The molecule has 1 aromatic heterocycles. The maximum Gasteiger partial charge on any atom is 0.231 e. The van der Waals surface area contributed by atoms with Gasteiger partial charge in [-0.15, -0.1) is 0 Å². The van der Waals surface area contributed by atoms with Crippen LogP contribution in [0.1, 0.15) is 25.6 Å². The van der Waals surface area contributed by atoms with Crippen molar-refractivity contribution in [2.45, 2.75) is 32.7 Å². The van der Waals surface area contributed by atoms with Crippen LogP contribution in [-0.2, 0) is 13.0 Å². The molecule has 0 spiro atoms. The molecule has 5 nitrogen and oxygen atoms in total. The summed E-state index contributed by atoms with van der Waals surface area (Å²) < 4.78 is 13.0. The third kappa shape index (κ3) is 2.31. The molecule has 1 aromatic carbocycles. The van der Waals surface area contributed by atoms with Crippen LogP contribution in [0.15, 0.2) is 12.1 Å². The molecule has 0 fully saturated rings. The van der Waals surface area contributed by atoms with Crippen LogP contribution in [0.5, 0.6) is 11.5 Å². The number of imidazole rings is 1. The van der Waals surface area contributed by atoms with Crippen LogP contribution in [0.3, 0.4) is 0 Å². The molecule has 0 saturated heterocycles.